The van der Waals surface area contributed by atoms with E-state index >= 15 is 0 Å². The lowest BCUT2D eigenvalue weighted by atomic mass is 10.0. The summed E-state index contributed by atoms with van der Waals surface area (Å²) in [6.07, 6.45) is -3.21. The number of carbonyl (C=O) groups is 3. The lowest BCUT2D eigenvalue weighted by Crippen LogP contribution is -2.45. The summed E-state index contributed by atoms with van der Waals surface area (Å²) < 4.78 is 35.5. The fraction of sp³-hybridized carbons (Fsp3) is 0.357. The SMILES string of the molecule is Cn1c(=O)nc(N(C(=O)OC(C)(C)C)C(=O)OC(C)(C)C)c2c(OCc3ccccc3)nc(N(C(=O)OC(C)(C)C)c3ccc(-c4ccc5c(c4)OCO5)cc3)nc21. The van der Waals surface area contributed by atoms with E-state index in [1.54, 1.807) is 86.6 Å². The van der Waals surface area contributed by atoms with Crippen molar-refractivity contribution in [2.45, 2.75) is 85.7 Å². The van der Waals surface area contributed by atoms with E-state index in [-0.39, 0.29) is 36.3 Å². The van der Waals surface area contributed by atoms with Crippen molar-refractivity contribution in [3.05, 3.63) is 88.8 Å². The van der Waals surface area contributed by atoms with Gasteiger partial charge in [0.1, 0.15) is 28.8 Å². The van der Waals surface area contributed by atoms with Crippen molar-refractivity contribution in [1.29, 1.82) is 0 Å². The second-order valence-corrected chi connectivity index (χ2v) is 16.3. The molecule has 1 aliphatic rings. The molecule has 58 heavy (non-hydrogen) atoms. The number of fused-ring (bicyclic) bond motifs is 2. The van der Waals surface area contributed by atoms with E-state index in [1.165, 1.54) is 7.05 Å². The maximum Gasteiger partial charge on any atom is 0.425 e. The largest absolute Gasteiger partial charge is 0.472 e. The average Bonchev–Trinajstić information content (AvgIpc) is 3.59. The van der Waals surface area contributed by atoms with Crippen LogP contribution in [0.25, 0.3) is 22.2 Å². The molecule has 0 radical (unpaired) electrons. The second-order valence-electron chi connectivity index (χ2n) is 16.3. The molecule has 0 N–H and O–H groups in total. The summed E-state index contributed by atoms with van der Waals surface area (Å²) in [5.41, 5.74) is -1.47. The van der Waals surface area contributed by atoms with Crippen LogP contribution in [0.1, 0.15) is 67.9 Å². The third kappa shape index (κ3) is 9.45. The molecule has 0 aliphatic carbocycles. The predicted molar refractivity (Wildman–Crippen MR) is 215 cm³/mol. The lowest BCUT2D eigenvalue weighted by Gasteiger charge is -2.29. The molecule has 5 aromatic rings. The molecule has 3 aromatic carbocycles. The third-order valence-electron chi connectivity index (χ3n) is 8.06. The van der Waals surface area contributed by atoms with Crippen LogP contribution in [0.3, 0.4) is 0 Å². The first-order valence-electron chi connectivity index (χ1n) is 18.4. The highest BCUT2D eigenvalue weighted by Gasteiger charge is 2.38. The zero-order valence-electron chi connectivity index (χ0n) is 34.1. The molecule has 0 spiro atoms. The number of anilines is 3. The van der Waals surface area contributed by atoms with E-state index in [9.17, 15) is 19.2 Å². The summed E-state index contributed by atoms with van der Waals surface area (Å²) in [6, 6.07) is 21.7. The summed E-state index contributed by atoms with van der Waals surface area (Å²) in [5.74, 6) is 0.260. The third-order valence-corrected chi connectivity index (χ3v) is 8.06. The number of benzene rings is 3. The van der Waals surface area contributed by atoms with Crippen molar-refractivity contribution in [3.8, 4) is 28.5 Å². The number of aromatic nitrogens is 4. The Morgan fingerprint density at radius 2 is 1.28 bits per heavy atom. The normalized spacial score (nSPS) is 12.5. The summed E-state index contributed by atoms with van der Waals surface area (Å²) in [5, 5.41) is -0.124. The molecule has 1 aliphatic heterocycles. The van der Waals surface area contributed by atoms with Gasteiger partial charge in [0.15, 0.2) is 23.0 Å². The number of carbonyl (C=O) groups excluding carboxylic acids is 3. The van der Waals surface area contributed by atoms with Gasteiger partial charge in [-0.25, -0.2) is 24.1 Å². The molecule has 16 nitrogen and oxygen atoms in total. The van der Waals surface area contributed by atoms with Gasteiger partial charge in [0.25, 0.3) is 0 Å². The van der Waals surface area contributed by atoms with E-state index in [2.05, 4.69) is 4.98 Å². The number of imide groups is 1. The molecule has 3 heterocycles. The van der Waals surface area contributed by atoms with Crippen LogP contribution in [0.4, 0.5) is 31.8 Å². The first kappa shape index (κ1) is 40.9. The minimum Gasteiger partial charge on any atom is -0.472 e. The number of hydrogen-bond acceptors (Lipinski definition) is 13. The smallest absolute Gasteiger partial charge is 0.425 e. The Hall–Kier alpha value is -6.71. The minimum absolute atomic E-state index is 0.0653. The van der Waals surface area contributed by atoms with Gasteiger partial charge in [0.05, 0.1) is 5.69 Å². The van der Waals surface area contributed by atoms with Crippen LogP contribution in [-0.4, -0.2) is 61.4 Å². The number of rotatable bonds is 7. The molecule has 16 heteroatoms. The van der Waals surface area contributed by atoms with Gasteiger partial charge in [-0.15, -0.1) is 0 Å². The lowest BCUT2D eigenvalue weighted by molar-refractivity contribution is 0.0428. The first-order chi connectivity index (χ1) is 27.2. The van der Waals surface area contributed by atoms with Crippen molar-refractivity contribution < 1.29 is 42.8 Å². The molecule has 2 aromatic heterocycles. The Balaban J connectivity index is 1.57. The average molecular weight is 795 g/mol. The van der Waals surface area contributed by atoms with Crippen LogP contribution in [0.5, 0.6) is 17.4 Å². The maximum atomic E-state index is 14.2. The Kier molecular flexibility index (Phi) is 11.1. The topological polar surface area (TPSA) is 174 Å². The van der Waals surface area contributed by atoms with Crippen LogP contribution in [0, 0.1) is 0 Å². The number of aryl methyl sites for hydroxylation is 1. The van der Waals surface area contributed by atoms with E-state index in [0.29, 0.717) is 22.1 Å². The van der Waals surface area contributed by atoms with E-state index in [1.807, 2.05) is 48.5 Å². The van der Waals surface area contributed by atoms with E-state index in [0.717, 1.165) is 26.2 Å². The summed E-state index contributed by atoms with van der Waals surface area (Å²) >= 11 is 0. The first-order valence-corrected chi connectivity index (χ1v) is 18.4. The Bertz CT molecular complexity index is 2390. The van der Waals surface area contributed by atoms with Crippen molar-refractivity contribution in [1.82, 2.24) is 19.5 Å². The van der Waals surface area contributed by atoms with Gasteiger partial charge in [-0.1, -0.05) is 48.5 Å². The molecule has 0 saturated heterocycles. The van der Waals surface area contributed by atoms with E-state index in [4.69, 9.17) is 38.4 Å². The molecule has 3 amide bonds. The number of ether oxygens (including phenoxy) is 6. The minimum atomic E-state index is -1.18. The van der Waals surface area contributed by atoms with Gasteiger partial charge < -0.3 is 28.4 Å². The Morgan fingerprint density at radius 3 is 1.88 bits per heavy atom. The zero-order valence-corrected chi connectivity index (χ0v) is 34.1. The molecular formula is C42H46N6O10. The van der Waals surface area contributed by atoms with Crippen LogP contribution in [-0.2, 0) is 27.9 Å². The summed E-state index contributed by atoms with van der Waals surface area (Å²) in [6.45, 7) is 14.9. The Labute approximate surface area is 335 Å². The summed E-state index contributed by atoms with van der Waals surface area (Å²) in [7, 11) is 1.39. The van der Waals surface area contributed by atoms with Crippen molar-refractivity contribution in [3.63, 3.8) is 0 Å². The fourth-order valence-corrected chi connectivity index (χ4v) is 5.61. The van der Waals surface area contributed by atoms with Gasteiger partial charge in [0, 0.05) is 7.05 Å². The van der Waals surface area contributed by atoms with E-state index < -0.39 is 46.6 Å². The van der Waals surface area contributed by atoms with Gasteiger partial charge in [-0.2, -0.15) is 19.9 Å². The zero-order chi connectivity index (χ0) is 42.2. The Morgan fingerprint density at radius 1 is 0.707 bits per heavy atom. The van der Waals surface area contributed by atoms with Crippen LogP contribution < -0.4 is 29.7 Å². The monoisotopic (exact) mass is 794 g/mol. The van der Waals surface area contributed by atoms with Gasteiger partial charge in [0.2, 0.25) is 18.6 Å². The van der Waals surface area contributed by atoms with Crippen LogP contribution in [0.2, 0.25) is 0 Å². The maximum absolute atomic E-state index is 14.2. The quantitative estimate of drug-likeness (QED) is 0.144. The van der Waals surface area contributed by atoms with Gasteiger partial charge in [-0.05, 0) is 103 Å². The molecule has 0 bridgehead atoms. The van der Waals surface area contributed by atoms with Gasteiger partial charge >= 0.3 is 24.0 Å². The van der Waals surface area contributed by atoms with Crippen LogP contribution in [0.15, 0.2) is 77.6 Å². The fourth-order valence-electron chi connectivity index (χ4n) is 5.61. The highest BCUT2D eigenvalue weighted by Crippen LogP contribution is 2.39. The highest BCUT2D eigenvalue weighted by molar-refractivity contribution is 6.14. The molecule has 0 unspecified atom stereocenters. The molecule has 304 valence electrons. The predicted octanol–water partition coefficient (Wildman–Crippen LogP) is 8.45. The molecule has 0 fully saturated rings. The highest BCUT2D eigenvalue weighted by atomic mass is 16.7. The molecule has 6 rings (SSSR count). The van der Waals surface area contributed by atoms with Crippen molar-refractivity contribution in [2.75, 3.05) is 16.6 Å². The number of hydrogen-bond donors (Lipinski definition) is 0. The van der Waals surface area contributed by atoms with Crippen molar-refractivity contribution >= 4 is 46.8 Å². The summed E-state index contributed by atoms with van der Waals surface area (Å²) in [4.78, 5) is 70.8. The van der Waals surface area contributed by atoms with Gasteiger partial charge in [-0.3, -0.25) is 4.57 Å². The molecular weight excluding hydrogens is 748 g/mol. The van der Waals surface area contributed by atoms with Crippen molar-refractivity contribution in [2.24, 2.45) is 7.05 Å². The number of nitrogens with zero attached hydrogens (tertiary/aromatic N) is 6. The van der Waals surface area contributed by atoms with Crippen LogP contribution >= 0.6 is 0 Å². The standard InChI is InChI=1S/C42H46N6O10/c1-40(2,3)56-37(50)47(28-19-16-26(17-20-28)27-18-21-29-30(22-27)55-24-54-29)35-43-32-31(34(45-35)53-23-25-14-12-11-13-15-25)33(44-36(49)46(32)10)48(38(51)57-41(4,5)6)39(52)58-42(7,8)9/h11-22H,23-24H2,1-10H3. The molecule has 0 saturated carbocycles. The molecule has 0 atom stereocenters. The number of amides is 3. The second kappa shape index (κ2) is 15.7.